The van der Waals surface area contributed by atoms with Crippen LogP contribution in [0.2, 0.25) is 0 Å². The molecular formula is C26H20ClN3O5. The van der Waals surface area contributed by atoms with Crippen molar-refractivity contribution in [2.45, 2.75) is 13.8 Å². The summed E-state index contributed by atoms with van der Waals surface area (Å²) >= 11 is 6.23. The van der Waals surface area contributed by atoms with Crippen LogP contribution >= 0.6 is 11.6 Å². The zero-order valence-electron chi connectivity index (χ0n) is 18.8. The largest absolute Gasteiger partial charge is 0.478 e. The highest BCUT2D eigenvalue weighted by Gasteiger charge is 2.39. The number of halogens is 1. The van der Waals surface area contributed by atoms with Gasteiger partial charge in [-0.1, -0.05) is 47.5 Å². The summed E-state index contributed by atoms with van der Waals surface area (Å²) in [5, 5.41) is 14.6. The average Bonchev–Trinajstić information content (AvgIpc) is 3.04. The molecule has 1 aliphatic rings. The van der Waals surface area contributed by atoms with Crippen LogP contribution < -0.4 is 15.5 Å². The lowest BCUT2D eigenvalue weighted by Crippen LogP contribution is -2.32. The Morgan fingerprint density at radius 2 is 1.57 bits per heavy atom. The first-order valence-electron chi connectivity index (χ1n) is 10.5. The number of carbonyl (C=O) groups excluding carboxylic acids is 3. The second-order valence-electron chi connectivity index (χ2n) is 7.93. The van der Waals surface area contributed by atoms with Crippen LogP contribution in [0.3, 0.4) is 0 Å². The van der Waals surface area contributed by atoms with Gasteiger partial charge in [-0.3, -0.25) is 14.4 Å². The first-order chi connectivity index (χ1) is 16.7. The first kappa shape index (κ1) is 23.7. The molecule has 0 saturated heterocycles. The topological polar surface area (TPSA) is 116 Å². The molecule has 0 saturated carbocycles. The van der Waals surface area contributed by atoms with Crippen molar-refractivity contribution in [3.8, 4) is 0 Å². The molecule has 3 aromatic rings. The van der Waals surface area contributed by atoms with Crippen LogP contribution in [0.5, 0.6) is 0 Å². The van der Waals surface area contributed by atoms with Gasteiger partial charge in [-0.05, 0) is 55.8 Å². The molecule has 3 N–H and O–H groups in total. The van der Waals surface area contributed by atoms with Crippen molar-refractivity contribution in [2.24, 2.45) is 0 Å². The van der Waals surface area contributed by atoms with Crippen molar-refractivity contribution in [1.82, 2.24) is 0 Å². The number of para-hydroxylation sites is 1. The van der Waals surface area contributed by atoms with Gasteiger partial charge >= 0.3 is 5.97 Å². The highest BCUT2D eigenvalue weighted by Crippen LogP contribution is 2.31. The van der Waals surface area contributed by atoms with E-state index in [0.29, 0.717) is 16.9 Å². The molecule has 176 valence electrons. The molecule has 0 aromatic heterocycles. The van der Waals surface area contributed by atoms with E-state index < -0.39 is 23.7 Å². The van der Waals surface area contributed by atoms with E-state index in [-0.39, 0.29) is 27.5 Å². The van der Waals surface area contributed by atoms with Gasteiger partial charge in [0.2, 0.25) is 0 Å². The number of amides is 3. The van der Waals surface area contributed by atoms with E-state index in [9.17, 15) is 24.3 Å². The second kappa shape index (κ2) is 9.44. The quantitative estimate of drug-likeness (QED) is 0.433. The minimum atomic E-state index is -1.17. The predicted octanol–water partition coefficient (Wildman–Crippen LogP) is 4.69. The average molecular weight is 490 g/mol. The number of anilines is 3. The summed E-state index contributed by atoms with van der Waals surface area (Å²) in [6, 6.07) is 17.6. The summed E-state index contributed by atoms with van der Waals surface area (Å²) < 4.78 is 0. The summed E-state index contributed by atoms with van der Waals surface area (Å²) in [5.74, 6) is -2.98. The third kappa shape index (κ3) is 4.64. The number of rotatable bonds is 6. The number of aromatic carboxylic acids is 1. The summed E-state index contributed by atoms with van der Waals surface area (Å²) in [4.78, 5) is 51.0. The number of nitrogens with zero attached hydrogens (tertiary/aromatic N) is 1. The zero-order chi connectivity index (χ0) is 25.3. The number of nitrogens with one attached hydrogen (secondary N) is 2. The van der Waals surface area contributed by atoms with Gasteiger partial charge in [0.15, 0.2) is 0 Å². The Labute approximate surface area is 205 Å². The highest BCUT2D eigenvalue weighted by atomic mass is 35.5. The van der Waals surface area contributed by atoms with Crippen LogP contribution in [0, 0.1) is 13.8 Å². The van der Waals surface area contributed by atoms with Gasteiger partial charge in [0, 0.05) is 11.3 Å². The molecule has 0 radical (unpaired) electrons. The number of hydrogen-bond donors (Lipinski definition) is 3. The van der Waals surface area contributed by atoms with Crippen LogP contribution in [0.15, 0.2) is 77.5 Å². The molecule has 0 atom stereocenters. The third-order valence-corrected chi connectivity index (χ3v) is 5.84. The number of carbonyl (C=O) groups is 4. The van der Waals surface area contributed by atoms with Gasteiger partial charge < -0.3 is 15.7 Å². The maximum absolute atomic E-state index is 13.1. The number of hydrogen-bond acceptors (Lipinski definition) is 5. The Morgan fingerprint density at radius 3 is 2.26 bits per heavy atom. The van der Waals surface area contributed by atoms with E-state index in [1.807, 2.05) is 6.92 Å². The molecule has 8 nitrogen and oxygen atoms in total. The summed E-state index contributed by atoms with van der Waals surface area (Å²) in [5.41, 5.74) is 2.66. The monoisotopic (exact) mass is 489 g/mol. The Morgan fingerprint density at radius 1 is 0.886 bits per heavy atom. The Balaban J connectivity index is 1.59. The van der Waals surface area contributed by atoms with Gasteiger partial charge in [-0.15, -0.1) is 0 Å². The minimum Gasteiger partial charge on any atom is -0.478 e. The molecule has 4 rings (SSSR count). The van der Waals surface area contributed by atoms with E-state index in [4.69, 9.17) is 11.6 Å². The standard InChI is InChI=1S/C26H20ClN3O5/c1-14-7-11-17(12-8-14)30-24(32)21(27)22(25(30)33)28-20-13-16(10-9-15(20)2)23(31)29-19-6-4-3-5-18(19)26(34)35/h3-13,28H,1-2H3,(H,29,31)(H,34,35). The van der Waals surface area contributed by atoms with Crippen LogP contribution in [0.25, 0.3) is 0 Å². The minimum absolute atomic E-state index is 0.0468. The molecule has 3 aromatic carbocycles. The summed E-state index contributed by atoms with van der Waals surface area (Å²) in [7, 11) is 0. The smallest absolute Gasteiger partial charge is 0.337 e. The molecule has 0 bridgehead atoms. The van der Waals surface area contributed by atoms with Gasteiger partial charge in [-0.2, -0.15) is 0 Å². The van der Waals surface area contributed by atoms with E-state index in [0.717, 1.165) is 10.5 Å². The Bertz CT molecular complexity index is 1410. The lowest BCUT2D eigenvalue weighted by atomic mass is 10.1. The molecule has 1 heterocycles. The van der Waals surface area contributed by atoms with Crippen molar-refractivity contribution in [3.63, 3.8) is 0 Å². The van der Waals surface area contributed by atoms with Crippen molar-refractivity contribution < 1.29 is 24.3 Å². The molecule has 0 unspecified atom stereocenters. The van der Waals surface area contributed by atoms with Crippen LogP contribution in [0.1, 0.15) is 31.8 Å². The number of carboxylic acid groups (broad SMARTS) is 1. The maximum Gasteiger partial charge on any atom is 0.337 e. The number of carboxylic acids is 1. The van der Waals surface area contributed by atoms with Gasteiger partial charge in [0.05, 0.1) is 16.9 Å². The molecule has 3 amide bonds. The van der Waals surface area contributed by atoms with E-state index in [2.05, 4.69) is 10.6 Å². The van der Waals surface area contributed by atoms with Crippen LogP contribution in [-0.4, -0.2) is 28.8 Å². The van der Waals surface area contributed by atoms with Crippen molar-refractivity contribution >= 4 is 52.4 Å². The lowest BCUT2D eigenvalue weighted by Gasteiger charge is -2.16. The zero-order valence-corrected chi connectivity index (χ0v) is 19.5. The molecule has 0 fully saturated rings. The lowest BCUT2D eigenvalue weighted by molar-refractivity contribution is -0.120. The molecule has 9 heteroatoms. The molecule has 0 aliphatic carbocycles. The fourth-order valence-electron chi connectivity index (χ4n) is 3.55. The van der Waals surface area contributed by atoms with Gasteiger partial charge in [-0.25, -0.2) is 9.69 Å². The Kier molecular flexibility index (Phi) is 6.40. The number of imide groups is 1. The molecule has 1 aliphatic heterocycles. The van der Waals surface area contributed by atoms with Gasteiger partial charge in [0.1, 0.15) is 10.7 Å². The van der Waals surface area contributed by atoms with Gasteiger partial charge in [0.25, 0.3) is 17.7 Å². The van der Waals surface area contributed by atoms with Crippen LogP contribution in [0.4, 0.5) is 17.1 Å². The van der Waals surface area contributed by atoms with E-state index >= 15 is 0 Å². The summed E-state index contributed by atoms with van der Waals surface area (Å²) in [6.07, 6.45) is 0. The van der Waals surface area contributed by atoms with E-state index in [1.165, 1.54) is 18.2 Å². The molecular weight excluding hydrogens is 470 g/mol. The third-order valence-electron chi connectivity index (χ3n) is 5.48. The number of benzene rings is 3. The maximum atomic E-state index is 13.1. The van der Waals surface area contributed by atoms with Crippen molar-refractivity contribution in [2.75, 3.05) is 15.5 Å². The normalized spacial score (nSPS) is 13.3. The highest BCUT2D eigenvalue weighted by molar-refractivity contribution is 6.53. The fraction of sp³-hybridized carbons (Fsp3) is 0.0769. The second-order valence-corrected chi connectivity index (χ2v) is 8.31. The number of aryl methyl sites for hydroxylation is 2. The molecule has 35 heavy (non-hydrogen) atoms. The van der Waals surface area contributed by atoms with E-state index in [1.54, 1.807) is 55.5 Å². The fourth-order valence-corrected chi connectivity index (χ4v) is 3.76. The predicted molar refractivity (Wildman–Crippen MR) is 133 cm³/mol. The van der Waals surface area contributed by atoms with Crippen molar-refractivity contribution in [1.29, 1.82) is 0 Å². The first-order valence-corrected chi connectivity index (χ1v) is 10.9. The Hall–Kier alpha value is -4.43. The summed E-state index contributed by atoms with van der Waals surface area (Å²) in [6.45, 7) is 3.65. The SMILES string of the molecule is Cc1ccc(N2C(=O)C(Cl)=C(Nc3cc(C(=O)Nc4ccccc4C(=O)O)ccc3C)C2=O)cc1. The van der Waals surface area contributed by atoms with Crippen LogP contribution in [-0.2, 0) is 9.59 Å². The molecule has 0 spiro atoms. The van der Waals surface area contributed by atoms with Crippen molar-refractivity contribution in [3.05, 3.63) is 99.7 Å².